The van der Waals surface area contributed by atoms with Crippen molar-refractivity contribution in [1.29, 1.82) is 0 Å². The highest BCUT2D eigenvalue weighted by Gasteiger charge is 2.63. The molecule has 1 aromatic rings. The molecule has 0 bridgehead atoms. The standard InChI is InChI=1S/C28H38N2O5/c1-27(2,3)35-24(31)17-21-14-16-29(19-20-10-12-23(34-4)13-11-20)25(32)28(21)18-22-9-7-5-6-8-15-30(22)26(28)33/h7,9-13,21-22H,5-6,8,14-19H2,1-4H3/b9-7-/t21-,22+,28+/m1/s1. The smallest absolute Gasteiger partial charge is 0.306 e. The van der Waals surface area contributed by atoms with Gasteiger partial charge >= 0.3 is 5.97 Å². The number of hydrogen-bond donors (Lipinski definition) is 0. The molecule has 0 N–H and O–H groups in total. The molecule has 1 aromatic carbocycles. The molecule has 0 radical (unpaired) electrons. The number of amides is 2. The summed E-state index contributed by atoms with van der Waals surface area (Å²) in [5, 5.41) is 0. The van der Waals surface area contributed by atoms with E-state index < -0.39 is 11.0 Å². The third kappa shape index (κ3) is 5.24. The molecule has 0 aliphatic carbocycles. The molecule has 35 heavy (non-hydrogen) atoms. The Labute approximate surface area is 208 Å². The maximum Gasteiger partial charge on any atom is 0.306 e. The Bertz CT molecular complexity index is 980. The van der Waals surface area contributed by atoms with E-state index in [0.717, 1.165) is 30.6 Å². The summed E-state index contributed by atoms with van der Waals surface area (Å²) in [4.78, 5) is 44.7. The number of fused-ring (bicyclic) bond motifs is 1. The van der Waals surface area contributed by atoms with Gasteiger partial charge in [0.2, 0.25) is 11.8 Å². The summed E-state index contributed by atoms with van der Waals surface area (Å²) in [7, 11) is 1.62. The maximum absolute atomic E-state index is 14.2. The van der Waals surface area contributed by atoms with E-state index in [1.807, 2.05) is 49.9 Å². The van der Waals surface area contributed by atoms with Crippen molar-refractivity contribution in [3.63, 3.8) is 0 Å². The molecule has 3 heterocycles. The van der Waals surface area contributed by atoms with E-state index in [1.54, 1.807) is 12.0 Å². The lowest BCUT2D eigenvalue weighted by molar-refractivity contribution is -0.166. The van der Waals surface area contributed by atoms with Gasteiger partial charge in [-0.25, -0.2) is 0 Å². The summed E-state index contributed by atoms with van der Waals surface area (Å²) in [5.41, 5.74) is -0.850. The Morgan fingerprint density at radius 1 is 1.09 bits per heavy atom. The molecule has 2 fully saturated rings. The molecule has 4 rings (SSSR count). The number of nitrogens with zero attached hydrogens (tertiary/aromatic N) is 2. The first-order valence-electron chi connectivity index (χ1n) is 12.8. The van der Waals surface area contributed by atoms with Gasteiger partial charge in [0, 0.05) is 26.1 Å². The first-order valence-corrected chi connectivity index (χ1v) is 12.8. The number of likely N-dealkylation sites (tertiary alicyclic amines) is 1. The molecule has 7 heteroatoms. The predicted molar refractivity (Wildman–Crippen MR) is 133 cm³/mol. The molecule has 0 unspecified atom stereocenters. The number of carbonyl (C=O) groups excluding carboxylic acids is 3. The zero-order valence-electron chi connectivity index (χ0n) is 21.4. The number of hydrogen-bond acceptors (Lipinski definition) is 5. The highest BCUT2D eigenvalue weighted by molar-refractivity contribution is 6.08. The van der Waals surface area contributed by atoms with E-state index >= 15 is 0 Å². The van der Waals surface area contributed by atoms with Gasteiger partial charge in [-0.05, 0) is 76.5 Å². The van der Waals surface area contributed by atoms with Gasteiger partial charge in [0.1, 0.15) is 16.8 Å². The van der Waals surface area contributed by atoms with E-state index in [1.165, 1.54) is 0 Å². The van der Waals surface area contributed by atoms with Crippen molar-refractivity contribution in [3.05, 3.63) is 42.0 Å². The molecule has 2 amide bonds. The molecule has 3 aliphatic heterocycles. The van der Waals surface area contributed by atoms with Crippen LogP contribution in [0.15, 0.2) is 36.4 Å². The topological polar surface area (TPSA) is 76.2 Å². The summed E-state index contributed by atoms with van der Waals surface area (Å²) >= 11 is 0. The van der Waals surface area contributed by atoms with Crippen LogP contribution in [0.5, 0.6) is 5.75 Å². The number of esters is 1. The molecular weight excluding hydrogens is 444 g/mol. The predicted octanol–water partition coefficient (Wildman–Crippen LogP) is 4.10. The average molecular weight is 483 g/mol. The number of rotatable bonds is 5. The summed E-state index contributed by atoms with van der Waals surface area (Å²) < 4.78 is 10.9. The Balaban J connectivity index is 1.64. The van der Waals surface area contributed by atoms with E-state index in [-0.39, 0.29) is 36.2 Å². The van der Waals surface area contributed by atoms with Crippen molar-refractivity contribution >= 4 is 17.8 Å². The van der Waals surface area contributed by atoms with Crippen LogP contribution in [0.4, 0.5) is 0 Å². The van der Waals surface area contributed by atoms with Gasteiger partial charge in [0.25, 0.3) is 0 Å². The number of ether oxygens (including phenoxy) is 2. The molecule has 0 saturated carbocycles. The van der Waals surface area contributed by atoms with E-state index in [9.17, 15) is 14.4 Å². The number of benzene rings is 1. The zero-order valence-corrected chi connectivity index (χ0v) is 21.4. The second-order valence-electron chi connectivity index (χ2n) is 11.0. The highest BCUT2D eigenvalue weighted by Crippen LogP contribution is 2.50. The lowest BCUT2D eigenvalue weighted by Gasteiger charge is -2.43. The van der Waals surface area contributed by atoms with E-state index in [4.69, 9.17) is 9.47 Å². The van der Waals surface area contributed by atoms with Gasteiger partial charge in [-0.1, -0.05) is 24.3 Å². The fraction of sp³-hybridized carbons (Fsp3) is 0.607. The largest absolute Gasteiger partial charge is 0.497 e. The molecule has 3 atom stereocenters. The maximum atomic E-state index is 14.2. The molecular formula is C28H38N2O5. The van der Waals surface area contributed by atoms with Crippen LogP contribution in [0.25, 0.3) is 0 Å². The lowest BCUT2D eigenvalue weighted by atomic mass is 9.66. The van der Waals surface area contributed by atoms with Crippen molar-refractivity contribution < 1.29 is 23.9 Å². The quantitative estimate of drug-likeness (QED) is 0.359. The van der Waals surface area contributed by atoms with Crippen LogP contribution in [0.1, 0.15) is 64.9 Å². The molecule has 3 aliphatic rings. The summed E-state index contributed by atoms with van der Waals surface area (Å²) in [6.45, 7) is 7.10. The van der Waals surface area contributed by atoms with Crippen LogP contribution >= 0.6 is 0 Å². The van der Waals surface area contributed by atoms with Gasteiger partial charge in [-0.15, -0.1) is 0 Å². The fourth-order valence-corrected chi connectivity index (χ4v) is 5.77. The third-order valence-electron chi connectivity index (χ3n) is 7.43. The Morgan fingerprint density at radius 3 is 2.51 bits per heavy atom. The van der Waals surface area contributed by atoms with Gasteiger partial charge in [-0.3, -0.25) is 14.4 Å². The average Bonchev–Trinajstić information content (AvgIpc) is 3.04. The minimum atomic E-state index is -1.22. The molecule has 1 spiro atoms. The molecule has 190 valence electrons. The zero-order chi connectivity index (χ0) is 25.2. The number of carbonyl (C=O) groups is 3. The third-order valence-corrected chi connectivity index (χ3v) is 7.43. The van der Waals surface area contributed by atoms with Crippen LogP contribution in [-0.2, 0) is 25.7 Å². The van der Waals surface area contributed by atoms with Gasteiger partial charge in [0.05, 0.1) is 13.2 Å². The van der Waals surface area contributed by atoms with Crippen LogP contribution in [0.2, 0.25) is 0 Å². The van der Waals surface area contributed by atoms with Gasteiger partial charge in [0.15, 0.2) is 0 Å². The van der Waals surface area contributed by atoms with Crippen molar-refractivity contribution in [2.45, 2.75) is 77.5 Å². The SMILES string of the molecule is COc1ccc(CN2CC[C@H](CC(=O)OC(C)(C)C)[C@@]3(C[C@@H]4/C=C\CCCCN4C3=O)C2=O)cc1. The van der Waals surface area contributed by atoms with Crippen molar-refractivity contribution in [2.24, 2.45) is 11.3 Å². The molecule has 0 aromatic heterocycles. The summed E-state index contributed by atoms with van der Waals surface area (Å²) in [6, 6.07) is 7.55. The fourth-order valence-electron chi connectivity index (χ4n) is 5.77. The van der Waals surface area contributed by atoms with Gasteiger partial charge < -0.3 is 19.3 Å². The van der Waals surface area contributed by atoms with Crippen molar-refractivity contribution in [1.82, 2.24) is 9.80 Å². The Hall–Kier alpha value is -2.83. The number of allylic oxidation sites excluding steroid dienone is 1. The molecule has 7 nitrogen and oxygen atoms in total. The van der Waals surface area contributed by atoms with Crippen LogP contribution in [0, 0.1) is 11.3 Å². The van der Waals surface area contributed by atoms with E-state index in [0.29, 0.717) is 32.5 Å². The van der Waals surface area contributed by atoms with Gasteiger partial charge in [-0.2, -0.15) is 0 Å². The first kappa shape index (κ1) is 25.3. The first-order chi connectivity index (χ1) is 16.6. The minimum absolute atomic E-state index is 0.0788. The van der Waals surface area contributed by atoms with Crippen LogP contribution < -0.4 is 4.74 Å². The second kappa shape index (κ2) is 10.0. The number of methoxy groups -OCH3 is 1. The minimum Gasteiger partial charge on any atom is -0.497 e. The second-order valence-corrected chi connectivity index (χ2v) is 11.0. The van der Waals surface area contributed by atoms with Crippen molar-refractivity contribution in [3.8, 4) is 5.75 Å². The highest BCUT2D eigenvalue weighted by atomic mass is 16.6. The lowest BCUT2D eigenvalue weighted by Crippen LogP contribution is -2.57. The van der Waals surface area contributed by atoms with Crippen LogP contribution in [0.3, 0.4) is 0 Å². The number of piperidine rings is 1. The molecule has 2 saturated heterocycles. The summed E-state index contributed by atoms with van der Waals surface area (Å²) in [5.74, 6) is -0.230. The Kier molecular flexibility index (Phi) is 7.25. The monoisotopic (exact) mass is 482 g/mol. The normalized spacial score (nSPS) is 27.9. The Morgan fingerprint density at radius 2 is 1.83 bits per heavy atom. The summed E-state index contributed by atoms with van der Waals surface area (Å²) in [6.07, 6.45) is 8.26. The van der Waals surface area contributed by atoms with E-state index in [2.05, 4.69) is 12.2 Å². The van der Waals surface area contributed by atoms with Crippen molar-refractivity contribution in [2.75, 3.05) is 20.2 Å². The van der Waals surface area contributed by atoms with Crippen LogP contribution in [-0.4, -0.2) is 59.4 Å².